The van der Waals surface area contributed by atoms with Crippen LogP contribution >= 0.6 is 0 Å². The van der Waals surface area contributed by atoms with E-state index in [1.165, 1.54) is 11.8 Å². The molecule has 0 bridgehead atoms. The average Bonchev–Trinajstić information content (AvgIpc) is 3.20. The van der Waals surface area contributed by atoms with Crippen molar-refractivity contribution in [3.8, 4) is 22.8 Å². The Hall–Kier alpha value is -3.43. The first-order chi connectivity index (χ1) is 11.2. The van der Waals surface area contributed by atoms with Gasteiger partial charge in [-0.25, -0.2) is 9.42 Å². The zero-order valence-electron chi connectivity index (χ0n) is 12.3. The quantitative estimate of drug-likeness (QED) is 0.690. The lowest BCUT2D eigenvalue weighted by atomic mass is 10.1. The number of carbonyl (C=O) groups is 1. The highest BCUT2D eigenvalue weighted by Gasteiger charge is 2.25. The number of hydrogen-bond donors (Lipinski definition) is 1. The molecule has 0 aliphatic heterocycles. The Bertz CT molecular complexity index is 839. The van der Waals surface area contributed by atoms with Crippen LogP contribution in [0.2, 0.25) is 0 Å². The summed E-state index contributed by atoms with van der Waals surface area (Å²) < 4.78 is 15.7. The topological polar surface area (TPSA) is 131 Å². The number of benzene rings is 1. The molecule has 2 heterocycles. The second kappa shape index (κ2) is 5.75. The lowest BCUT2D eigenvalue weighted by Gasteiger charge is -2.06. The van der Waals surface area contributed by atoms with Gasteiger partial charge in [-0.15, -0.1) is 5.10 Å². The van der Waals surface area contributed by atoms with Crippen molar-refractivity contribution in [2.75, 3.05) is 20.0 Å². The van der Waals surface area contributed by atoms with E-state index in [9.17, 15) is 4.79 Å². The van der Waals surface area contributed by atoms with Crippen LogP contribution in [0.4, 0.5) is 5.82 Å². The predicted molar refractivity (Wildman–Crippen MR) is 77.0 cm³/mol. The summed E-state index contributed by atoms with van der Waals surface area (Å²) in [6.45, 7) is 0. The van der Waals surface area contributed by atoms with Crippen LogP contribution < -0.4 is 10.5 Å². The summed E-state index contributed by atoms with van der Waals surface area (Å²) in [5.74, 6) is 0.159. The summed E-state index contributed by atoms with van der Waals surface area (Å²) >= 11 is 0. The van der Waals surface area contributed by atoms with Gasteiger partial charge in [-0.2, -0.15) is 4.68 Å². The molecule has 118 valence electrons. The molecule has 0 aliphatic carbocycles. The van der Waals surface area contributed by atoms with Crippen LogP contribution in [0.15, 0.2) is 28.9 Å². The molecule has 1 aromatic carbocycles. The molecule has 0 spiro atoms. The fraction of sp³-hybridized carbons (Fsp3) is 0.154. The van der Waals surface area contributed by atoms with E-state index in [0.29, 0.717) is 17.0 Å². The van der Waals surface area contributed by atoms with Gasteiger partial charge in [0, 0.05) is 5.56 Å². The molecule has 0 saturated carbocycles. The number of methoxy groups -OCH3 is 2. The molecule has 0 amide bonds. The van der Waals surface area contributed by atoms with Crippen LogP contribution in [0.5, 0.6) is 5.75 Å². The highest BCUT2D eigenvalue weighted by molar-refractivity contribution is 5.94. The van der Waals surface area contributed by atoms with Gasteiger partial charge in [0.05, 0.1) is 14.2 Å². The summed E-state index contributed by atoms with van der Waals surface area (Å²) in [6, 6.07) is 6.95. The first-order valence-electron chi connectivity index (χ1n) is 6.42. The number of rotatable bonds is 4. The van der Waals surface area contributed by atoms with Crippen LogP contribution in [0, 0.1) is 0 Å². The molecule has 10 nitrogen and oxygen atoms in total. The van der Waals surface area contributed by atoms with Crippen LogP contribution in [0.1, 0.15) is 10.5 Å². The molecular formula is C13H12N6O4. The Morgan fingerprint density at radius 1 is 1.22 bits per heavy atom. The minimum Gasteiger partial charge on any atom is -0.497 e. The average molecular weight is 316 g/mol. The van der Waals surface area contributed by atoms with E-state index in [1.54, 1.807) is 31.4 Å². The molecule has 0 atom stereocenters. The number of carbonyl (C=O) groups excluding carboxylic acids is 1. The molecule has 0 radical (unpaired) electrons. The molecule has 0 unspecified atom stereocenters. The Kier molecular flexibility index (Phi) is 3.63. The van der Waals surface area contributed by atoms with E-state index >= 15 is 0 Å². The van der Waals surface area contributed by atoms with Crippen molar-refractivity contribution in [3.05, 3.63) is 30.0 Å². The monoisotopic (exact) mass is 316 g/mol. The SMILES string of the molecule is COC(=O)c1nnn(-c2nonc2N)c1-c1ccc(OC)cc1. The first kappa shape index (κ1) is 14.5. The molecule has 2 aromatic heterocycles. The fourth-order valence-corrected chi connectivity index (χ4v) is 2.01. The van der Waals surface area contributed by atoms with Gasteiger partial charge in [0.1, 0.15) is 11.4 Å². The Morgan fingerprint density at radius 2 is 1.96 bits per heavy atom. The third-order valence-electron chi connectivity index (χ3n) is 3.11. The summed E-state index contributed by atoms with van der Waals surface area (Å²) in [5, 5.41) is 14.9. The molecule has 0 aliphatic rings. The molecule has 3 rings (SSSR count). The molecule has 0 saturated heterocycles. The van der Waals surface area contributed by atoms with Gasteiger partial charge >= 0.3 is 5.97 Å². The molecule has 10 heteroatoms. The van der Waals surface area contributed by atoms with Gasteiger partial charge in [0.25, 0.3) is 0 Å². The molecule has 23 heavy (non-hydrogen) atoms. The minimum absolute atomic E-state index is 0.0140. The van der Waals surface area contributed by atoms with E-state index < -0.39 is 5.97 Å². The lowest BCUT2D eigenvalue weighted by Crippen LogP contribution is -2.07. The maximum absolute atomic E-state index is 11.9. The zero-order chi connectivity index (χ0) is 16.4. The molecule has 0 fully saturated rings. The van der Waals surface area contributed by atoms with Crippen LogP contribution in [0.3, 0.4) is 0 Å². The van der Waals surface area contributed by atoms with E-state index in [2.05, 4.69) is 25.3 Å². The van der Waals surface area contributed by atoms with E-state index in [0.717, 1.165) is 0 Å². The fourth-order valence-electron chi connectivity index (χ4n) is 2.01. The van der Waals surface area contributed by atoms with Crippen molar-refractivity contribution in [2.45, 2.75) is 0 Å². The highest BCUT2D eigenvalue weighted by Crippen LogP contribution is 2.28. The lowest BCUT2D eigenvalue weighted by molar-refractivity contribution is 0.0595. The van der Waals surface area contributed by atoms with Crippen molar-refractivity contribution in [1.29, 1.82) is 0 Å². The third-order valence-corrected chi connectivity index (χ3v) is 3.11. The van der Waals surface area contributed by atoms with Gasteiger partial charge in [-0.1, -0.05) is 5.21 Å². The number of nitrogen functional groups attached to an aromatic ring is 1. The second-order valence-electron chi connectivity index (χ2n) is 4.39. The summed E-state index contributed by atoms with van der Waals surface area (Å²) in [7, 11) is 2.81. The third kappa shape index (κ3) is 2.46. The number of ether oxygens (including phenoxy) is 2. The predicted octanol–water partition coefficient (Wildman–Crippen LogP) is 0.695. The van der Waals surface area contributed by atoms with Crippen molar-refractivity contribution in [2.24, 2.45) is 0 Å². The maximum atomic E-state index is 11.9. The zero-order valence-corrected chi connectivity index (χ0v) is 12.3. The van der Waals surface area contributed by atoms with Crippen molar-refractivity contribution in [3.63, 3.8) is 0 Å². The maximum Gasteiger partial charge on any atom is 0.360 e. The molecular weight excluding hydrogens is 304 g/mol. The number of anilines is 1. The van der Waals surface area contributed by atoms with Gasteiger partial charge in [-0.05, 0) is 34.6 Å². The first-order valence-corrected chi connectivity index (χ1v) is 6.42. The molecule has 3 aromatic rings. The van der Waals surface area contributed by atoms with Crippen LogP contribution in [-0.2, 0) is 4.74 Å². The highest BCUT2D eigenvalue weighted by atomic mass is 16.6. The van der Waals surface area contributed by atoms with Crippen molar-refractivity contribution >= 4 is 11.8 Å². The Balaban J connectivity index is 2.20. The standard InChI is InChI=1S/C13H12N6O4/c1-21-8-5-3-7(4-6-8)10-9(13(20)22-2)15-18-19(10)12-11(14)16-23-17-12/h3-6H,1-2H3,(H2,14,16). The van der Waals surface area contributed by atoms with E-state index in [-0.39, 0.29) is 17.3 Å². The Morgan fingerprint density at radius 3 is 2.52 bits per heavy atom. The summed E-state index contributed by atoms with van der Waals surface area (Å²) in [5.41, 5.74) is 6.69. The normalized spacial score (nSPS) is 10.5. The molecule has 2 N–H and O–H groups in total. The number of esters is 1. The number of nitrogens with two attached hydrogens (primary N) is 1. The van der Waals surface area contributed by atoms with Crippen LogP contribution in [0.25, 0.3) is 17.1 Å². The Labute approximate surface area is 129 Å². The van der Waals surface area contributed by atoms with Crippen LogP contribution in [-0.4, -0.2) is 45.5 Å². The minimum atomic E-state index is -0.642. The van der Waals surface area contributed by atoms with Gasteiger partial charge < -0.3 is 15.2 Å². The van der Waals surface area contributed by atoms with E-state index in [1.807, 2.05) is 0 Å². The number of hydrogen-bond acceptors (Lipinski definition) is 9. The van der Waals surface area contributed by atoms with E-state index in [4.69, 9.17) is 15.2 Å². The summed E-state index contributed by atoms with van der Waals surface area (Å²) in [4.78, 5) is 11.9. The summed E-state index contributed by atoms with van der Waals surface area (Å²) in [6.07, 6.45) is 0. The van der Waals surface area contributed by atoms with Crippen molar-refractivity contribution < 1.29 is 18.9 Å². The number of aromatic nitrogens is 5. The van der Waals surface area contributed by atoms with Gasteiger partial charge in [0.2, 0.25) is 11.6 Å². The van der Waals surface area contributed by atoms with Crippen molar-refractivity contribution in [1.82, 2.24) is 25.3 Å². The second-order valence-corrected chi connectivity index (χ2v) is 4.39. The van der Waals surface area contributed by atoms with Gasteiger partial charge in [-0.3, -0.25) is 0 Å². The van der Waals surface area contributed by atoms with Gasteiger partial charge in [0.15, 0.2) is 5.69 Å². The largest absolute Gasteiger partial charge is 0.497 e. The smallest absolute Gasteiger partial charge is 0.360 e. The number of nitrogens with zero attached hydrogens (tertiary/aromatic N) is 5.